The van der Waals surface area contributed by atoms with E-state index < -0.39 is 11.0 Å². The number of benzene rings is 1. The molecule has 0 fully saturated rings. The van der Waals surface area contributed by atoms with Crippen molar-refractivity contribution in [1.29, 1.82) is 5.26 Å². The summed E-state index contributed by atoms with van der Waals surface area (Å²) in [5, 5.41) is 20.4. The molecule has 0 aliphatic heterocycles. The van der Waals surface area contributed by atoms with Crippen LogP contribution in [0.5, 0.6) is 0 Å². The lowest BCUT2D eigenvalue weighted by molar-refractivity contribution is -0.384. The van der Waals surface area contributed by atoms with Gasteiger partial charge in [0.25, 0.3) is 5.69 Å². The number of halogens is 1. The molecule has 1 rings (SSSR count). The van der Waals surface area contributed by atoms with Crippen molar-refractivity contribution in [1.82, 2.24) is 4.90 Å². The number of rotatable bonds is 7. The molecule has 0 saturated carbocycles. The quantitative estimate of drug-likeness (QED) is 0.564. The Labute approximate surface area is 123 Å². The zero-order chi connectivity index (χ0) is 15.1. The topological polar surface area (TPSA) is 70.2 Å². The van der Waals surface area contributed by atoms with E-state index in [0.717, 1.165) is 19.4 Å². The molecule has 0 spiro atoms. The van der Waals surface area contributed by atoms with E-state index in [1.165, 1.54) is 12.1 Å². The van der Waals surface area contributed by atoms with Crippen LogP contribution in [0.2, 0.25) is 5.02 Å². The summed E-state index contributed by atoms with van der Waals surface area (Å²) < 4.78 is 0. The summed E-state index contributed by atoms with van der Waals surface area (Å²) in [6, 6.07) is 6.29. The highest BCUT2D eigenvalue weighted by atomic mass is 35.5. The van der Waals surface area contributed by atoms with Gasteiger partial charge in [-0.3, -0.25) is 15.0 Å². The first-order valence-corrected chi connectivity index (χ1v) is 7.00. The van der Waals surface area contributed by atoms with E-state index in [1.54, 1.807) is 6.07 Å². The molecule has 0 aromatic heterocycles. The smallest absolute Gasteiger partial charge is 0.285 e. The average molecular weight is 296 g/mol. The van der Waals surface area contributed by atoms with E-state index in [9.17, 15) is 15.4 Å². The molecule has 1 aromatic rings. The normalized spacial score (nSPS) is 12.2. The fourth-order valence-corrected chi connectivity index (χ4v) is 2.22. The second-order valence-electron chi connectivity index (χ2n) is 4.48. The maximum Gasteiger partial charge on any atom is 0.288 e. The van der Waals surface area contributed by atoms with Gasteiger partial charge in [0.05, 0.1) is 11.0 Å². The molecule has 1 unspecified atom stereocenters. The Morgan fingerprint density at radius 1 is 1.50 bits per heavy atom. The summed E-state index contributed by atoms with van der Waals surface area (Å²) in [6.45, 7) is 5.57. The molecule has 6 heteroatoms. The van der Waals surface area contributed by atoms with Crippen molar-refractivity contribution in [2.75, 3.05) is 13.1 Å². The molecule has 108 valence electrons. The van der Waals surface area contributed by atoms with Gasteiger partial charge >= 0.3 is 0 Å². The highest BCUT2D eigenvalue weighted by Gasteiger charge is 2.22. The number of hydrogen-bond donors (Lipinski definition) is 0. The van der Waals surface area contributed by atoms with Gasteiger partial charge in [-0.2, -0.15) is 5.26 Å². The molecule has 1 aromatic carbocycles. The Morgan fingerprint density at radius 3 is 2.70 bits per heavy atom. The molecule has 0 saturated heterocycles. The van der Waals surface area contributed by atoms with Crippen molar-refractivity contribution in [2.45, 2.75) is 32.7 Å². The predicted octanol–water partition coefficient (Wildman–Crippen LogP) is 3.93. The highest BCUT2D eigenvalue weighted by Crippen LogP contribution is 2.29. The number of hydrogen-bond acceptors (Lipinski definition) is 4. The van der Waals surface area contributed by atoms with Crippen molar-refractivity contribution in [3.63, 3.8) is 0 Å². The molecular formula is C14H18ClN3O2. The summed E-state index contributed by atoms with van der Waals surface area (Å²) in [7, 11) is 0. The van der Waals surface area contributed by atoms with Crippen LogP contribution in [-0.2, 0) is 0 Å². The summed E-state index contributed by atoms with van der Waals surface area (Å²) in [4.78, 5) is 12.4. The third-order valence-electron chi connectivity index (χ3n) is 3.18. The van der Waals surface area contributed by atoms with Crippen LogP contribution in [0.4, 0.5) is 5.69 Å². The standard InChI is InChI=1S/C14H18ClN3O2/c1-3-5-8-17(4-2)14(10-16)11-6-7-12(15)13(9-11)18(19)20/h6-7,9,14H,3-5,8H2,1-2H3. The Kier molecular flexibility index (Phi) is 6.43. The lowest BCUT2D eigenvalue weighted by atomic mass is 10.1. The van der Waals surface area contributed by atoms with Crippen LogP contribution in [-0.4, -0.2) is 22.9 Å². The van der Waals surface area contributed by atoms with Crippen LogP contribution in [0.15, 0.2) is 18.2 Å². The van der Waals surface area contributed by atoms with Gasteiger partial charge in [-0.15, -0.1) is 0 Å². The van der Waals surface area contributed by atoms with Crippen molar-refractivity contribution in [3.05, 3.63) is 38.9 Å². The summed E-state index contributed by atoms with van der Waals surface area (Å²) >= 11 is 5.80. The van der Waals surface area contributed by atoms with E-state index >= 15 is 0 Å². The van der Waals surface area contributed by atoms with Crippen molar-refractivity contribution < 1.29 is 4.92 Å². The van der Waals surface area contributed by atoms with Crippen molar-refractivity contribution in [2.24, 2.45) is 0 Å². The lowest BCUT2D eigenvalue weighted by Crippen LogP contribution is -2.28. The molecular weight excluding hydrogens is 278 g/mol. The first-order chi connectivity index (χ1) is 9.54. The van der Waals surface area contributed by atoms with Gasteiger partial charge in [0.2, 0.25) is 0 Å². The number of unbranched alkanes of at least 4 members (excludes halogenated alkanes) is 1. The zero-order valence-electron chi connectivity index (χ0n) is 11.7. The van der Waals surface area contributed by atoms with E-state index in [-0.39, 0.29) is 10.7 Å². The van der Waals surface area contributed by atoms with Crippen LogP contribution >= 0.6 is 11.6 Å². The third kappa shape index (κ3) is 3.92. The zero-order valence-corrected chi connectivity index (χ0v) is 12.4. The van der Waals surface area contributed by atoms with Gasteiger partial charge in [-0.25, -0.2) is 0 Å². The molecule has 0 aliphatic rings. The maximum atomic E-state index is 10.9. The van der Waals surface area contributed by atoms with Gasteiger partial charge < -0.3 is 0 Å². The van der Waals surface area contributed by atoms with E-state index in [0.29, 0.717) is 12.1 Å². The highest BCUT2D eigenvalue weighted by molar-refractivity contribution is 6.32. The summed E-state index contributed by atoms with van der Waals surface area (Å²) in [6.07, 6.45) is 2.02. The van der Waals surface area contributed by atoms with Gasteiger partial charge in [-0.1, -0.05) is 37.9 Å². The van der Waals surface area contributed by atoms with E-state index in [1.807, 2.05) is 11.8 Å². The first-order valence-electron chi connectivity index (χ1n) is 6.62. The van der Waals surface area contributed by atoms with Crippen molar-refractivity contribution >= 4 is 17.3 Å². The molecule has 5 nitrogen and oxygen atoms in total. The van der Waals surface area contributed by atoms with Gasteiger partial charge in [0, 0.05) is 6.07 Å². The van der Waals surface area contributed by atoms with Gasteiger partial charge in [-0.05, 0) is 31.1 Å². The largest absolute Gasteiger partial charge is 0.288 e. The minimum atomic E-state index is -0.525. The second kappa shape index (κ2) is 7.83. The Morgan fingerprint density at radius 2 is 2.20 bits per heavy atom. The molecule has 0 aliphatic carbocycles. The second-order valence-corrected chi connectivity index (χ2v) is 4.89. The van der Waals surface area contributed by atoms with Crippen molar-refractivity contribution in [3.8, 4) is 6.07 Å². The molecule has 0 N–H and O–H groups in total. The lowest BCUT2D eigenvalue weighted by Gasteiger charge is -2.25. The van der Waals surface area contributed by atoms with Crippen LogP contribution in [0.1, 0.15) is 38.3 Å². The number of nitro groups is 1. The van der Waals surface area contributed by atoms with Crippen LogP contribution in [0.3, 0.4) is 0 Å². The number of nitro benzene ring substituents is 1. The van der Waals surface area contributed by atoms with Gasteiger partial charge in [0.15, 0.2) is 0 Å². The summed E-state index contributed by atoms with van der Waals surface area (Å²) in [5.41, 5.74) is 0.456. The van der Waals surface area contributed by atoms with Crippen LogP contribution < -0.4 is 0 Å². The number of nitriles is 1. The minimum Gasteiger partial charge on any atom is -0.285 e. The predicted molar refractivity (Wildman–Crippen MR) is 78.6 cm³/mol. The molecule has 0 amide bonds. The third-order valence-corrected chi connectivity index (χ3v) is 3.49. The Bertz CT molecular complexity index is 514. The monoisotopic (exact) mass is 295 g/mol. The number of nitrogens with zero attached hydrogens (tertiary/aromatic N) is 3. The molecule has 0 radical (unpaired) electrons. The van der Waals surface area contributed by atoms with Gasteiger partial charge in [0.1, 0.15) is 11.1 Å². The Hall–Kier alpha value is -1.64. The fourth-order valence-electron chi connectivity index (χ4n) is 2.04. The van der Waals surface area contributed by atoms with E-state index in [2.05, 4.69) is 13.0 Å². The maximum absolute atomic E-state index is 10.9. The fraction of sp³-hybridized carbons (Fsp3) is 0.500. The molecule has 0 bridgehead atoms. The SMILES string of the molecule is CCCCN(CC)C(C#N)c1ccc(Cl)c([N+](=O)[O-])c1. The Balaban J connectivity index is 3.09. The molecule has 20 heavy (non-hydrogen) atoms. The van der Waals surface area contributed by atoms with Crippen LogP contribution in [0.25, 0.3) is 0 Å². The molecule has 0 heterocycles. The minimum absolute atomic E-state index is 0.0899. The van der Waals surface area contributed by atoms with E-state index in [4.69, 9.17) is 11.6 Å². The summed E-state index contributed by atoms with van der Waals surface area (Å²) in [5.74, 6) is 0. The van der Waals surface area contributed by atoms with Crippen LogP contribution in [0, 0.1) is 21.4 Å². The molecule has 1 atom stereocenters. The average Bonchev–Trinajstić information content (AvgIpc) is 2.44. The first kappa shape index (κ1) is 16.4.